The molecule has 176 valence electrons. The van der Waals surface area contributed by atoms with Gasteiger partial charge in [-0.1, -0.05) is 29.9 Å². The number of aliphatic hydroxyl groups excluding tert-OH is 2. The summed E-state index contributed by atoms with van der Waals surface area (Å²) in [5, 5.41) is 60.8. The molecular formula is C25H28O8. The molecule has 0 aromatic heterocycles. The Morgan fingerprint density at radius 1 is 1.12 bits per heavy atom. The molecule has 6 N–H and O–H groups in total. The van der Waals surface area contributed by atoms with Gasteiger partial charge in [-0.2, -0.15) is 0 Å². The van der Waals surface area contributed by atoms with Gasteiger partial charge in [0.05, 0.1) is 6.10 Å². The zero-order valence-corrected chi connectivity index (χ0v) is 18.4. The van der Waals surface area contributed by atoms with Crippen molar-refractivity contribution in [3.63, 3.8) is 0 Å². The number of allylic oxidation sites excluding steroid dienone is 2. The Morgan fingerprint density at radius 2 is 1.82 bits per heavy atom. The van der Waals surface area contributed by atoms with Gasteiger partial charge in [0.25, 0.3) is 0 Å². The largest absolute Gasteiger partial charge is 0.507 e. The van der Waals surface area contributed by atoms with Gasteiger partial charge in [0, 0.05) is 11.6 Å². The van der Waals surface area contributed by atoms with E-state index in [1.807, 2.05) is 6.92 Å². The van der Waals surface area contributed by atoms with E-state index in [0.29, 0.717) is 18.4 Å². The third kappa shape index (κ3) is 4.97. The van der Waals surface area contributed by atoms with Crippen molar-refractivity contribution < 1.29 is 40.2 Å². The summed E-state index contributed by atoms with van der Waals surface area (Å²) in [5.74, 6) is -2.47. The van der Waals surface area contributed by atoms with Gasteiger partial charge >= 0.3 is 0 Å². The van der Waals surface area contributed by atoms with Crippen molar-refractivity contribution in [2.45, 2.75) is 51.4 Å². The molecule has 1 heterocycles. The molecule has 8 heteroatoms. The maximum absolute atomic E-state index is 12.9. The van der Waals surface area contributed by atoms with Crippen LogP contribution in [0.3, 0.4) is 0 Å². The van der Waals surface area contributed by atoms with Crippen LogP contribution in [0, 0.1) is 0 Å². The summed E-state index contributed by atoms with van der Waals surface area (Å²) in [6.45, 7) is 7.31. The maximum Gasteiger partial charge on any atom is 0.202 e. The number of phenolic OH excluding ortho intramolecular Hbond substituents is 4. The Hall–Kier alpha value is -3.49. The molecule has 8 nitrogen and oxygen atoms in total. The summed E-state index contributed by atoms with van der Waals surface area (Å²) in [7, 11) is 0. The van der Waals surface area contributed by atoms with Crippen LogP contribution in [0.2, 0.25) is 0 Å². The van der Waals surface area contributed by atoms with Gasteiger partial charge < -0.3 is 35.4 Å². The number of ketones is 1. The number of rotatable bonds is 7. The first-order valence-electron chi connectivity index (χ1n) is 10.5. The lowest BCUT2D eigenvalue weighted by Gasteiger charge is -2.31. The van der Waals surface area contributed by atoms with E-state index in [4.69, 9.17) is 4.74 Å². The number of phenols is 4. The number of ether oxygens (including phenoxy) is 1. The monoisotopic (exact) mass is 456 g/mol. The molecule has 1 unspecified atom stereocenters. The van der Waals surface area contributed by atoms with Gasteiger partial charge in [0.15, 0.2) is 23.7 Å². The van der Waals surface area contributed by atoms with E-state index in [0.717, 1.165) is 11.6 Å². The molecule has 0 radical (unpaired) electrons. The lowest BCUT2D eigenvalue weighted by molar-refractivity contribution is 0.0209. The Bertz CT molecular complexity index is 1120. The van der Waals surface area contributed by atoms with E-state index in [-0.39, 0.29) is 40.4 Å². The summed E-state index contributed by atoms with van der Waals surface area (Å²) >= 11 is 0. The van der Waals surface area contributed by atoms with Crippen LogP contribution in [0.25, 0.3) is 0 Å². The van der Waals surface area contributed by atoms with Crippen molar-refractivity contribution in [3.8, 4) is 28.7 Å². The zero-order valence-electron chi connectivity index (χ0n) is 18.4. The van der Waals surface area contributed by atoms with Crippen molar-refractivity contribution in [2.24, 2.45) is 0 Å². The number of fused-ring (bicyclic) bond motifs is 1. The summed E-state index contributed by atoms with van der Waals surface area (Å²) in [6, 6.07) is 4.94. The summed E-state index contributed by atoms with van der Waals surface area (Å²) < 4.78 is 5.69. The Balaban J connectivity index is 1.87. The molecule has 3 atom stereocenters. The highest BCUT2D eigenvalue weighted by atomic mass is 16.5. The fourth-order valence-electron chi connectivity index (χ4n) is 3.65. The topological polar surface area (TPSA) is 148 Å². The standard InChI is InChI=1S/C25H28O8/c1-12(2)16(26)8-5-13(3)4-7-15-18(28)11-20-21(22(15)30)23(31)24(32)25(33-20)14-6-9-17(27)19(29)10-14/h4,6,9-11,16,24-30,32H,1,5,7-8H2,2-3H3/b13-4+/t16?,24-,25+/m0/s1. The second-order valence-corrected chi connectivity index (χ2v) is 8.35. The molecule has 0 amide bonds. The van der Waals surface area contributed by atoms with E-state index >= 15 is 0 Å². The van der Waals surface area contributed by atoms with Crippen molar-refractivity contribution in [1.29, 1.82) is 0 Å². The molecule has 0 saturated heterocycles. The average Bonchev–Trinajstić information content (AvgIpc) is 2.75. The van der Waals surface area contributed by atoms with E-state index in [1.54, 1.807) is 13.0 Å². The highest BCUT2D eigenvalue weighted by Gasteiger charge is 2.40. The second-order valence-electron chi connectivity index (χ2n) is 8.35. The normalized spacial score (nSPS) is 19.0. The highest BCUT2D eigenvalue weighted by molar-refractivity contribution is 6.06. The van der Waals surface area contributed by atoms with Crippen LogP contribution in [0.1, 0.15) is 54.3 Å². The van der Waals surface area contributed by atoms with Crippen LogP contribution < -0.4 is 4.74 Å². The Kier molecular flexibility index (Phi) is 7.00. The number of Topliss-reactive ketones (excluding diaryl/α,β-unsaturated/α-hetero) is 1. The molecule has 3 rings (SSSR count). The lowest BCUT2D eigenvalue weighted by atomic mass is 9.90. The Labute approximate surface area is 191 Å². The molecule has 1 aliphatic rings. The van der Waals surface area contributed by atoms with Gasteiger partial charge in [-0.25, -0.2) is 0 Å². The number of benzene rings is 2. The van der Waals surface area contributed by atoms with Gasteiger partial charge in [-0.15, -0.1) is 0 Å². The molecule has 0 saturated carbocycles. The summed E-state index contributed by atoms with van der Waals surface area (Å²) in [6.07, 6.45) is -0.515. The minimum atomic E-state index is -1.68. The van der Waals surface area contributed by atoms with Crippen LogP contribution in [-0.2, 0) is 6.42 Å². The molecule has 0 fully saturated rings. The van der Waals surface area contributed by atoms with Crippen LogP contribution in [0.4, 0.5) is 0 Å². The number of hydrogen-bond donors (Lipinski definition) is 6. The van der Waals surface area contributed by atoms with E-state index in [9.17, 15) is 35.4 Å². The van der Waals surface area contributed by atoms with Crippen LogP contribution in [0.15, 0.2) is 48.1 Å². The third-order valence-electron chi connectivity index (χ3n) is 5.77. The molecule has 33 heavy (non-hydrogen) atoms. The molecule has 0 aliphatic carbocycles. The summed E-state index contributed by atoms with van der Waals surface area (Å²) in [5.41, 5.74) is 1.69. The lowest BCUT2D eigenvalue weighted by Crippen LogP contribution is -2.36. The number of hydrogen-bond acceptors (Lipinski definition) is 8. The van der Waals surface area contributed by atoms with Crippen LogP contribution >= 0.6 is 0 Å². The number of aliphatic hydroxyl groups is 2. The third-order valence-corrected chi connectivity index (χ3v) is 5.77. The highest BCUT2D eigenvalue weighted by Crippen LogP contribution is 2.45. The van der Waals surface area contributed by atoms with Crippen LogP contribution in [-0.4, -0.2) is 48.6 Å². The molecule has 2 aromatic rings. The van der Waals surface area contributed by atoms with Gasteiger partial charge in [0.1, 0.15) is 22.8 Å². The van der Waals surface area contributed by atoms with Crippen LogP contribution in [0.5, 0.6) is 28.7 Å². The van der Waals surface area contributed by atoms with Crippen molar-refractivity contribution in [3.05, 3.63) is 64.8 Å². The fraction of sp³-hybridized carbons (Fsp3) is 0.320. The van der Waals surface area contributed by atoms with Crippen molar-refractivity contribution in [2.75, 3.05) is 0 Å². The number of carbonyl (C=O) groups is 1. The van der Waals surface area contributed by atoms with Crippen molar-refractivity contribution >= 4 is 5.78 Å². The van der Waals surface area contributed by atoms with Gasteiger partial charge in [-0.05, 0) is 50.8 Å². The van der Waals surface area contributed by atoms with Crippen molar-refractivity contribution in [1.82, 2.24) is 0 Å². The number of aromatic hydroxyl groups is 4. The fourth-order valence-corrected chi connectivity index (χ4v) is 3.65. The smallest absolute Gasteiger partial charge is 0.202 e. The molecular weight excluding hydrogens is 428 g/mol. The predicted octanol–water partition coefficient (Wildman–Crippen LogP) is 3.39. The van der Waals surface area contributed by atoms with E-state index in [1.165, 1.54) is 18.2 Å². The Morgan fingerprint density at radius 3 is 2.45 bits per heavy atom. The quantitative estimate of drug-likeness (QED) is 0.274. The first-order valence-corrected chi connectivity index (χ1v) is 10.5. The first-order chi connectivity index (χ1) is 15.5. The molecule has 2 aromatic carbocycles. The number of carbonyl (C=O) groups excluding carboxylic acids is 1. The van der Waals surface area contributed by atoms with E-state index in [2.05, 4.69) is 6.58 Å². The second kappa shape index (κ2) is 9.56. The average molecular weight is 456 g/mol. The predicted molar refractivity (Wildman–Crippen MR) is 121 cm³/mol. The zero-order chi connectivity index (χ0) is 24.4. The molecule has 0 bridgehead atoms. The summed E-state index contributed by atoms with van der Waals surface area (Å²) in [4.78, 5) is 12.9. The minimum absolute atomic E-state index is 0.105. The SMILES string of the molecule is C=C(C)C(O)CC/C(C)=C/Cc1c(O)cc2c(c1O)C(=O)[C@H](O)[C@@H](c1ccc(O)c(O)c1)O2. The molecule has 1 aliphatic heterocycles. The first kappa shape index (κ1) is 24.2. The maximum atomic E-state index is 12.9. The van der Waals surface area contributed by atoms with Gasteiger partial charge in [0.2, 0.25) is 5.78 Å². The molecule has 0 spiro atoms. The minimum Gasteiger partial charge on any atom is -0.507 e. The van der Waals surface area contributed by atoms with Gasteiger partial charge in [-0.3, -0.25) is 4.79 Å². The van der Waals surface area contributed by atoms with E-state index < -0.39 is 35.6 Å².